The van der Waals surface area contributed by atoms with Gasteiger partial charge in [-0.3, -0.25) is 9.98 Å². The van der Waals surface area contributed by atoms with Crippen LogP contribution in [0.5, 0.6) is 0 Å². The number of piperidine rings is 1. The third kappa shape index (κ3) is 2.90. The Kier molecular flexibility index (Phi) is 4.38. The van der Waals surface area contributed by atoms with Gasteiger partial charge in [0.2, 0.25) is 0 Å². The van der Waals surface area contributed by atoms with Gasteiger partial charge in [0.05, 0.1) is 10.5 Å². The number of fused-ring (bicyclic) bond motifs is 2. The summed E-state index contributed by atoms with van der Waals surface area (Å²) in [7, 11) is 0. The zero-order valence-corrected chi connectivity index (χ0v) is 13.5. The SMILES string of the molecule is CC1=CC=NC(N)C1C(Br)=NCC[C@@H]1CC2CNC1C2. The van der Waals surface area contributed by atoms with Crippen LogP contribution in [0.3, 0.4) is 0 Å². The van der Waals surface area contributed by atoms with E-state index in [1.807, 2.05) is 6.08 Å². The van der Waals surface area contributed by atoms with Crippen LogP contribution in [0.1, 0.15) is 26.2 Å². The highest BCUT2D eigenvalue weighted by Gasteiger charge is 2.38. The first kappa shape index (κ1) is 14.4. The van der Waals surface area contributed by atoms with Gasteiger partial charge in [0, 0.05) is 18.8 Å². The summed E-state index contributed by atoms with van der Waals surface area (Å²) in [6, 6.07) is 0.747. The van der Waals surface area contributed by atoms with Crippen molar-refractivity contribution >= 4 is 26.8 Å². The summed E-state index contributed by atoms with van der Waals surface area (Å²) in [5.41, 5.74) is 7.28. The van der Waals surface area contributed by atoms with E-state index >= 15 is 0 Å². The largest absolute Gasteiger partial charge is 0.313 e. The number of aliphatic imine (C=N–C) groups is 2. The summed E-state index contributed by atoms with van der Waals surface area (Å²) in [5.74, 6) is 1.84. The van der Waals surface area contributed by atoms with Crippen LogP contribution in [0.15, 0.2) is 21.6 Å². The molecule has 0 aromatic heterocycles. The molecule has 1 saturated heterocycles. The average molecular weight is 339 g/mol. The lowest BCUT2D eigenvalue weighted by Gasteiger charge is -2.24. The van der Waals surface area contributed by atoms with Gasteiger partial charge in [-0.15, -0.1) is 0 Å². The number of nitrogens with one attached hydrogen (secondary N) is 1. The molecule has 3 N–H and O–H groups in total. The molecule has 2 bridgehead atoms. The summed E-state index contributed by atoms with van der Waals surface area (Å²) in [6.07, 6.45) is 7.54. The molecule has 20 heavy (non-hydrogen) atoms. The fourth-order valence-corrected chi connectivity index (χ4v) is 4.59. The highest BCUT2D eigenvalue weighted by molar-refractivity contribution is 9.18. The van der Waals surface area contributed by atoms with Crippen LogP contribution in [0.4, 0.5) is 0 Å². The molecule has 3 rings (SSSR count). The fraction of sp³-hybridized carbons (Fsp3) is 0.733. The Morgan fingerprint density at radius 3 is 3.05 bits per heavy atom. The molecule has 0 amide bonds. The van der Waals surface area contributed by atoms with E-state index in [0.29, 0.717) is 0 Å². The lowest BCUT2D eigenvalue weighted by molar-refractivity contribution is 0.350. The van der Waals surface area contributed by atoms with Crippen LogP contribution in [0, 0.1) is 17.8 Å². The third-order valence-electron chi connectivity index (χ3n) is 4.91. The normalized spacial score (nSPS) is 40.2. The van der Waals surface area contributed by atoms with Crippen molar-refractivity contribution in [1.82, 2.24) is 5.32 Å². The van der Waals surface area contributed by atoms with Crippen molar-refractivity contribution in [1.29, 1.82) is 0 Å². The Labute approximate surface area is 129 Å². The smallest absolute Gasteiger partial charge is 0.110 e. The lowest BCUT2D eigenvalue weighted by Crippen LogP contribution is -2.35. The van der Waals surface area contributed by atoms with Crippen LogP contribution < -0.4 is 11.1 Å². The van der Waals surface area contributed by atoms with E-state index in [1.165, 1.54) is 31.4 Å². The molecule has 1 saturated carbocycles. The van der Waals surface area contributed by atoms with Gasteiger partial charge >= 0.3 is 0 Å². The first-order chi connectivity index (χ1) is 9.65. The van der Waals surface area contributed by atoms with Gasteiger partial charge in [-0.1, -0.05) is 5.57 Å². The van der Waals surface area contributed by atoms with E-state index in [1.54, 1.807) is 6.21 Å². The van der Waals surface area contributed by atoms with Crippen LogP contribution in [0.25, 0.3) is 0 Å². The molecule has 4 unspecified atom stereocenters. The first-order valence-corrected chi connectivity index (χ1v) is 8.33. The van der Waals surface area contributed by atoms with Gasteiger partial charge in [-0.05, 0) is 66.6 Å². The van der Waals surface area contributed by atoms with Crippen molar-refractivity contribution in [2.75, 3.05) is 13.1 Å². The minimum Gasteiger partial charge on any atom is -0.313 e. The Hall–Kier alpha value is -0.520. The number of dihydropyridines is 1. The summed E-state index contributed by atoms with van der Waals surface area (Å²) >= 11 is 3.61. The standard InChI is InChI=1S/C15H23BrN4/c1-9-2-4-19-15(17)13(9)14(16)18-5-3-11-6-10-7-12(11)20-8-10/h2,4,10-13,15,20H,3,5-8,17H2,1H3/t10?,11-,12?,13?,15?/m1/s1. The van der Waals surface area contributed by atoms with E-state index < -0.39 is 0 Å². The number of hydrogen-bond acceptors (Lipinski definition) is 4. The summed E-state index contributed by atoms with van der Waals surface area (Å²) in [4.78, 5) is 8.96. The van der Waals surface area contributed by atoms with Crippen molar-refractivity contribution < 1.29 is 0 Å². The maximum absolute atomic E-state index is 6.05. The summed E-state index contributed by atoms with van der Waals surface area (Å²) < 4.78 is 0.951. The molecule has 5 atom stereocenters. The Morgan fingerprint density at radius 2 is 2.40 bits per heavy atom. The Balaban J connectivity index is 1.53. The molecule has 4 nitrogen and oxygen atoms in total. The van der Waals surface area contributed by atoms with Crippen LogP contribution >= 0.6 is 15.9 Å². The molecule has 1 aliphatic carbocycles. The predicted octanol–water partition coefficient (Wildman–Crippen LogP) is 2.10. The maximum Gasteiger partial charge on any atom is 0.110 e. The van der Waals surface area contributed by atoms with E-state index in [4.69, 9.17) is 10.7 Å². The highest BCUT2D eigenvalue weighted by Crippen LogP contribution is 2.37. The molecular formula is C15H23BrN4. The number of allylic oxidation sites excluding steroid dienone is 1. The average Bonchev–Trinajstić information content (AvgIpc) is 3.01. The van der Waals surface area contributed by atoms with Gasteiger partial charge < -0.3 is 11.1 Å². The third-order valence-corrected chi connectivity index (χ3v) is 5.65. The van der Waals surface area contributed by atoms with Crippen molar-refractivity contribution in [3.63, 3.8) is 0 Å². The van der Waals surface area contributed by atoms with E-state index in [2.05, 4.69) is 33.2 Å². The monoisotopic (exact) mass is 338 g/mol. The molecule has 110 valence electrons. The second-order valence-electron chi connectivity index (χ2n) is 6.28. The second kappa shape index (κ2) is 6.08. The molecule has 0 aromatic rings. The minimum atomic E-state index is -0.206. The maximum atomic E-state index is 6.05. The molecule has 0 radical (unpaired) electrons. The second-order valence-corrected chi connectivity index (χ2v) is 7.09. The molecule has 5 heteroatoms. The number of nitrogens with zero attached hydrogens (tertiary/aromatic N) is 2. The Bertz CT molecular complexity index is 457. The van der Waals surface area contributed by atoms with Crippen molar-refractivity contribution in [3.8, 4) is 0 Å². The van der Waals surface area contributed by atoms with Gasteiger partial charge in [0.15, 0.2) is 0 Å². The molecule has 0 spiro atoms. The predicted molar refractivity (Wildman–Crippen MR) is 87.6 cm³/mol. The molecule has 2 heterocycles. The van der Waals surface area contributed by atoms with Crippen LogP contribution in [0.2, 0.25) is 0 Å². The van der Waals surface area contributed by atoms with E-state index in [0.717, 1.165) is 29.0 Å². The number of nitrogens with two attached hydrogens (primary N) is 1. The van der Waals surface area contributed by atoms with Crippen LogP contribution in [-0.2, 0) is 0 Å². The van der Waals surface area contributed by atoms with Crippen molar-refractivity contribution in [3.05, 3.63) is 11.6 Å². The van der Waals surface area contributed by atoms with Gasteiger partial charge in [0.25, 0.3) is 0 Å². The van der Waals surface area contributed by atoms with Crippen molar-refractivity contribution in [2.24, 2.45) is 33.5 Å². The van der Waals surface area contributed by atoms with E-state index in [9.17, 15) is 0 Å². The minimum absolute atomic E-state index is 0.109. The Morgan fingerprint density at radius 1 is 1.55 bits per heavy atom. The number of hydrogen-bond donors (Lipinski definition) is 2. The molecule has 0 aromatic carbocycles. The number of halogens is 1. The summed E-state index contributed by atoms with van der Waals surface area (Å²) in [5, 5.41) is 3.61. The number of rotatable bonds is 4. The van der Waals surface area contributed by atoms with Gasteiger partial charge in [0.1, 0.15) is 6.17 Å². The van der Waals surface area contributed by atoms with Gasteiger partial charge in [-0.25, -0.2) is 0 Å². The fourth-order valence-electron chi connectivity index (χ4n) is 3.78. The lowest BCUT2D eigenvalue weighted by atomic mass is 9.95. The summed E-state index contributed by atoms with van der Waals surface area (Å²) in [6.45, 7) is 4.20. The molecular weight excluding hydrogens is 316 g/mol. The zero-order chi connectivity index (χ0) is 14.1. The molecule has 2 aliphatic heterocycles. The van der Waals surface area contributed by atoms with Crippen LogP contribution in [-0.4, -0.2) is 36.1 Å². The highest BCUT2D eigenvalue weighted by atomic mass is 79.9. The van der Waals surface area contributed by atoms with Gasteiger partial charge in [-0.2, -0.15) is 0 Å². The molecule has 3 aliphatic rings. The zero-order valence-electron chi connectivity index (χ0n) is 11.9. The quantitative estimate of drug-likeness (QED) is 0.771. The van der Waals surface area contributed by atoms with E-state index in [-0.39, 0.29) is 12.1 Å². The first-order valence-electron chi connectivity index (χ1n) is 7.54. The molecule has 2 fully saturated rings. The topological polar surface area (TPSA) is 62.8 Å². The van der Waals surface area contributed by atoms with Crippen molar-refractivity contribution in [2.45, 2.75) is 38.4 Å².